The fourth-order valence-corrected chi connectivity index (χ4v) is 3.02. The van der Waals surface area contributed by atoms with Crippen LogP contribution in [0.4, 0.5) is 13.2 Å². The Morgan fingerprint density at radius 2 is 1.90 bits per heavy atom. The van der Waals surface area contributed by atoms with E-state index in [1.807, 2.05) is 0 Å². The first-order chi connectivity index (χ1) is 9.40. The van der Waals surface area contributed by atoms with Gasteiger partial charge in [-0.15, -0.1) is 0 Å². The number of aliphatic hydroxyl groups is 1. The van der Waals surface area contributed by atoms with Gasteiger partial charge in [-0.1, -0.05) is 34.1 Å². The molecule has 1 aliphatic carbocycles. The second kappa shape index (κ2) is 4.69. The number of nitrogens with zero attached hydrogens (tertiary/aromatic N) is 2. The number of amides is 1. The van der Waals surface area contributed by atoms with Gasteiger partial charge in [0.1, 0.15) is 0 Å². The summed E-state index contributed by atoms with van der Waals surface area (Å²) in [6.45, 7) is 6.32. The van der Waals surface area contributed by atoms with E-state index in [0.717, 1.165) is 6.42 Å². The van der Waals surface area contributed by atoms with Gasteiger partial charge in [0.25, 0.3) is 11.6 Å². The summed E-state index contributed by atoms with van der Waals surface area (Å²) in [4.78, 5) is 12.3. The Labute approximate surface area is 122 Å². The molecule has 120 valence electrons. The molecule has 1 heterocycles. The van der Waals surface area contributed by atoms with Gasteiger partial charge < -0.3 is 5.11 Å². The first-order valence-electron chi connectivity index (χ1n) is 7.13. The maximum atomic E-state index is 13.5. The fraction of sp³-hybridized carbons (Fsp3) is 0.857. The van der Waals surface area contributed by atoms with Crippen molar-refractivity contribution in [3.8, 4) is 0 Å². The van der Waals surface area contributed by atoms with Crippen molar-refractivity contribution in [2.24, 2.45) is 22.4 Å². The smallest absolute Gasteiger partial charge is 0.362 e. The Bertz CT molecular complexity index is 482. The molecule has 1 amide bonds. The molecule has 0 spiro atoms. The van der Waals surface area contributed by atoms with E-state index < -0.39 is 29.1 Å². The van der Waals surface area contributed by atoms with E-state index in [0.29, 0.717) is 12.1 Å². The van der Waals surface area contributed by atoms with Crippen molar-refractivity contribution in [1.29, 1.82) is 0 Å². The van der Waals surface area contributed by atoms with Gasteiger partial charge in [0, 0.05) is 11.1 Å². The Morgan fingerprint density at radius 1 is 1.33 bits per heavy atom. The highest BCUT2D eigenvalue weighted by Gasteiger charge is 2.69. The Kier molecular flexibility index (Phi) is 3.64. The number of rotatable bonds is 0. The van der Waals surface area contributed by atoms with Gasteiger partial charge >= 0.3 is 6.18 Å². The molecular formula is C14H21F3N2O2. The molecule has 2 aliphatic rings. The van der Waals surface area contributed by atoms with Gasteiger partial charge in [0.05, 0.1) is 5.92 Å². The van der Waals surface area contributed by atoms with Crippen LogP contribution in [0.5, 0.6) is 0 Å². The molecule has 4 nitrogen and oxygen atoms in total. The van der Waals surface area contributed by atoms with Crippen molar-refractivity contribution < 1.29 is 23.1 Å². The molecule has 21 heavy (non-hydrogen) atoms. The van der Waals surface area contributed by atoms with Crippen molar-refractivity contribution >= 4 is 11.6 Å². The largest absolute Gasteiger partial charge is 0.439 e. The van der Waals surface area contributed by atoms with Crippen LogP contribution in [0.3, 0.4) is 0 Å². The first-order valence-corrected chi connectivity index (χ1v) is 7.13. The number of alkyl halides is 3. The molecule has 2 rings (SSSR count). The van der Waals surface area contributed by atoms with Crippen LogP contribution in [0.15, 0.2) is 5.10 Å². The first kappa shape index (κ1) is 16.3. The average Bonchev–Trinajstić information content (AvgIpc) is 2.63. The van der Waals surface area contributed by atoms with Gasteiger partial charge in [0.15, 0.2) is 0 Å². The second-order valence-electron chi connectivity index (χ2n) is 7.00. The lowest BCUT2D eigenvalue weighted by molar-refractivity contribution is -0.318. The van der Waals surface area contributed by atoms with E-state index in [1.54, 1.807) is 6.92 Å². The van der Waals surface area contributed by atoms with Crippen LogP contribution in [-0.4, -0.2) is 33.6 Å². The third-order valence-corrected chi connectivity index (χ3v) is 4.27. The minimum Gasteiger partial charge on any atom is -0.362 e. The van der Waals surface area contributed by atoms with E-state index in [9.17, 15) is 23.1 Å². The molecule has 0 bridgehead atoms. The van der Waals surface area contributed by atoms with Crippen molar-refractivity contribution in [2.75, 3.05) is 0 Å². The Balaban J connectivity index is 2.53. The summed E-state index contributed by atoms with van der Waals surface area (Å²) in [7, 11) is 0. The minimum atomic E-state index is -4.94. The van der Waals surface area contributed by atoms with Gasteiger partial charge in [-0.2, -0.15) is 23.3 Å². The van der Waals surface area contributed by atoms with E-state index in [1.165, 1.54) is 20.8 Å². The van der Waals surface area contributed by atoms with Crippen molar-refractivity contribution in [3.05, 3.63) is 0 Å². The van der Waals surface area contributed by atoms with Gasteiger partial charge in [-0.05, 0) is 18.8 Å². The standard InChI is InChI=1S/C14H21F3N2O2/c1-8-6-5-7-9-10(8)18-19(11(20)12(2,3)4)13(9,21)14(15,16)17/h8-9,21H,5-7H2,1-4H3/t8-,9-,13+/m1/s1. The molecule has 0 aromatic heterocycles. The monoisotopic (exact) mass is 306 g/mol. The van der Waals surface area contributed by atoms with Crippen molar-refractivity contribution in [1.82, 2.24) is 5.01 Å². The van der Waals surface area contributed by atoms with E-state index in [4.69, 9.17) is 0 Å². The highest BCUT2D eigenvalue weighted by Crippen LogP contribution is 2.50. The molecule has 1 saturated carbocycles. The maximum Gasteiger partial charge on any atom is 0.439 e. The average molecular weight is 306 g/mol. The predicted octanol–water partition coefficient (Wildman–Crippen LogP) is 2.92. The van der Waals surface area contributed by atoms with Crippen LogP contribution in [-0.2, 0) is 4.79 Å². The molecule has 1 fully saturated rings. The number of fused-ring (bicyclic) bond motifs is 1. The summed E-state index contributed by atoms with van der Waals surface area (Å²) in [5.74, 6) is -2.14. The minimum absolute atomic E-state index is 0.157. The van der Waals surface area contributed by atoms with Gasteiger partial charge in [-0.3, -0.25) is 4.79 Å². The number of hydrogen-bond donors (Lipinski definition) is 1. The molecule has 1 aliphatic heterocycles. The van der Waals surface area contributed by atoms with Crippen LogP contribution in [0.25, 0.3) is 0 Å². The normalized spacial score (nSPS) is 33.7. The predicted molar refractivity (Wildman–Crippen MR) is 71.2 cm³/mol. The Hall–Kier alpha value is -1.11. The third kappa shape index (κ3) is 2.35. The van der Waals surface area contributed by atoms with Crippen LogP contribution >= 0.6 is 0 Å². The lowest BCUT2D eigenvalue weighted by Crippen LogP contribution is -2.63. The van der Waals surface area contributed by atoms with Gasteiger partial charge in [-0.25, -0.2) is 0 Å². The molecular weight excluding hydrogens is 285 g/mol. The van der Waals surface area contributed by atoms with Crippen molar-refractivity contribution in [2.45, 2.75) is 58.9 Å². The molecule has 0 aromatic rings. The van der Waals surface area contributed by atoms with Crippen LogP contribution in [0.2, 0.25) is 0 Å². The fourth-order valence-electron chi connectivity index (χ4n) is 3.02. The van der Waals surface area contributed by atoms with E-state index in [2.05, 4.69) is 5.10 Å². The molecule has 7 heteroatoms. The summed E-state index contributed by atoms with van der Waals surface area (Å²) in [6, 6.07) is 0. The number of hydrazone groups is 1. The number of carbonyl (C=O) groups is 1. The summed E-state index contributed by atoms with van der Waals surface area (Å²) in [5.41, 5.74) is -3.99. The van der Waals surface area contributed by atoms with Crippen LogP contribution in [0.1, 0.15) is 47.0 Å². The van der Waals surface area contributed by atoms with Crippen LogP contribution < -0.4 is 0 Å². The van der Waals surface area contributed by atoms with E-state index in [-0.39, 0.29) is 17.3 Å². The molecule has 3 atom stereocenters. The lowest BCUT2D eigenvalue weighted by Gasteiger charge is -2.40. The van der Waals surface area contributed by atoms with E-state index >= 15 is 0 Å². The zero-order valence-electron chi connectivity index (χ0n) is 12.7. The quantitative estimate of drug-likeness (QED) is 0.748. The number of hydrogen-bond acceptors (Lipinski definition) is 3. The second-order valence-corrected chi connectivity index (χ2v) is 7.00. The number of halogens is 3. The zero-order valence-corrected chi connectivity index (χ0v) is 12.7. The Morgan fingerprint density at radius 3 is 2.38 bits per heavy atom. The molecule has 1 N–H and O–H groups in total. The topological polar surface area (TPSA) is 52.9 Å². The summed E-state index contributed by atoms with van der Waals surface area (Å²) in [6.07, 6.45) is -3.45. The highest BCUT2D eigenvalue weighted by molar-refractivity contribution is 5.95. The highest BCUT2D eigenvalue weighted by atomic mass is 19.4. The van der Waals surface area contributed by atoms with Crippen molar-refractivity contribution in [3.63, 3.8) is 0 Å². The SMILES string of the molecule is C[C@@H]1CCC[C@@H]2C1=NN(C(=O)C(C)(C)C)[C@@]2(O)C(F)(F)F. The van der Waals surface area contributed by atoms with Gasteiger partial charge in [0.2, 0.25) is 0 Å². The maximum absolute atomic E-state index is 13.5. The summed E-state index contributed by atoms with van der Waals surface area (Å²) >= 11 is 0. The molecule has 0 radical (unpaired) electrons. The molecule has 0 aromatic carbocycles. The van der Waals surface area contributed by atoms with Crippen LogP contribution in [0, 0.1) is 17.3 Å². The number of carbonyl (C=O) groups excluding carboxylic acids is 1. The molecule has 0 unspecified atom stereocenters. The third-order valence-electron chi connectivity index (χ3n) is 4.27. The summed E-state index contributed by atoms with van der Waals surface area (Å²) < 4.78 is 40.6. The summed E-state index contributed by atoms with van der Waals surface area (Å²) in [5, 5.41) is 14.6. The lowest BCUT2D eigenvalue weighted by atomic mass is 9.75. The molecule has 0 saturated heterocycles. The zero-order chi connectivity index (χ0) is 16.2.